The second-order valence-electron chi connectivity index (χ2n) is 6.54. The minimum Gasteiger partial charge on any atom is -0.462 e. The normalized spacial score (nSPS) is 20.5. The molecule has 2 aliphatic rings. The van der Waals surface area contributed by atoms with Crippen molar-refractivity contribution in [1.29, 1.82) is 0 Å². The molecule has 2 rings (SSSR count). The zero-order valence-corrected chi connectivity index (χ0v) is 13.5. The average molecular weight is 299 g/mol. The van der Waals surface area contributed by atoms with Gasteiger partial charge in [-0.1, -0.05) is 0 Å². The van der Waals surface area contributed by atoms with Crippen molar-refractivity contribution in [3.05, 3.63) is 0 Å². The molecule has 1 amide bonds. The lowest BCUT2D eigenvalue weighted by Gasteiger charge is -2.32. The molecular weight excluding hydrogens is 270 g/mol. The highest BCUT2D eigenvalue weighted by Crippen LogP contribution is 2.13. The number of carbonyl (C=O) groups excluding carboxylic acids is 2. The molecule has 2 aliphatic heterocycles. The summed E-state index contributed by atoms with van der Waals surface area (Å²) < 4.78 is 4.55. The van der Waals surface area contributed by atoms with Crippen molar-refractivity contribution in [2.45, 2.75) is 39.2 Å². The Balaban J connectivity index is 0.000000270. The van der Waals surface area contributed by atoms with E-state index < -0.39 is 0 Å². The van der Waals surface area contributed by atoms with Gasteiger partial charge in [-0.2, -0.15) is 0 Å². The van der Waals surface area contributed by atoms with Crippen molar-refractivity contribution in [2.75, 3.05) is 39.3 Å². The van der Waals surface area contributed by atoms with Crippen LogP contribution in [0.3, 0.4) is 0 Å². The molecule has 2 N–H and O–H groups in total. The van der Waals surface area contributed by atoms with E-state index in [1.165, 1.54) is 12.8 Å². The van der Waals surface area contributed by atoms with E-state index in [0.717, 1.165) is 38.6 Å². The van der Waals surface area contributed by atoms with Gasteiger partial charge in [-0.15, -0.1) is 0 Å². The van der Waals surface area contributed by atoms with Gasteiger partial charge in [0.25, 0.3) is 6.47 Å². The van der Waals surface area contributed by atoms with Crippen molar-refractivity contribution in [3.8, 4) is 0 Å². The Morgan fingerprint density at radius 3 is 2.38 bits per heavy atom. The molecule has 0 unspecified atom stereocenters. The lowest BCUT2D eigenvalue weighted by Crippen LogP contribution is -2.50. The lowest BCUT2D eigenvalue weighted by molar-refractivity contribution is -0.138. The molecule has 0 radical (unpaired) electrons. The number of amides is 1. The van der Waals surface area contributed by atoms with Crippen LogP contribution in [0.2, 0.25) is 0 Å². The smallest absolute Gasteiger partial charge is 0.293 e. The van der Waals surface area contributed by atoms with Crippen LogP contribution in [-0.4, -0.2) is 62.1 Å². The fraction of sp³-hybridized carbons (Fsp3) is 0.867. The molecule has 0 atom stereocenters. The van der Waals surface area contributed by atoms with Crippen molar-refractivity contribution >= 4 is 12.4 Å². The van der Waals surface area contributed by atoms with Crippen LogP contribution in [0.1, 0.15) is 33.6 Å². The molecule has 2 heterocycles. The van der Waals surface area contributed by atoms with Gasteiger partial charge in [0.2, 0.25) is 5.91 Å². The van der Waals surface area contributed by atoms with Crippen LogP contribution in [0, 0.1) is 5.92 Å². The van der Waals surface area contributed by atoms with Gasteiger partial charge in [0.1, 0.15) is 5.60 Å². The molecule has 0 spiro atoms. The highest BCUT2D eigenvalue weighted by atomic mass is 16.5. The Kier molecular flexibility index (Phi) is 7.67. The molecule has 0 aromatic rings. The maximum atomic E-state index is 11.5. The molecular formula is C15H29N3O3. The van der Waals surface area contributed by atoms with Crippen molar-refractivity contribution < 1.29 is 14.3 Å². The topological polar surface area (TPSA) is 70.7 Å². The third-order valence-electron chi connectivity index (χ3n) is 3.53. The molecule has 0 saturated carbocycles. The maximum Gasteiger partial charge on any atom is 0.293 e. The first-order chi connectivity index (χ1) is 9.92. The third-order valence-corrected chi connectivity index (χ3v) is 3.53. The molecule has 0 aromatic carbocycles. The Labute approximate surface area is 127 Å². The Hall–Kier alpha value is -1.14. The fourth-order valence-electron chi connectivity index (χ4n) is 2.36. The number of piperidine rings is 1. The van der Waals surface area contributed by atoms with Gasteiger partial charge in [0, 0.05) is 19.6 Å². The van der Waals surface area contributed by atoms with Crippen LogP contribution in [0.25, 0.3) is 0 Å². The van der Waals surface area contributed by atoms with E-state index in [-0.39, 0.29) is 11.5 Å². The molecule has 2 saturated heterocycles. The zero-order valence-electron chi connectivity index (χ0n) is 13.5. The van der Waals surface area contributed by atoms with E-state index in [9.17, 15) is 9.59 Å². The second kappa shape index (κ2) is 9.00. The molecule has 21 heavy (non-hydrogen) atoms. The third kappa shape index (κ3) is 8.02. The van der Waals surface area contributed by atoms with Gasteiger partial charge in [-0.05, 0) is 52.6 Å². The first-order valence-electron chi connectivity index (χ1n) is 7.73. The molecule has 6 heteroatoms. The van der Waals surface area contributed by atoms with E-state index in [4.69, 9.17) is 0 Å². The SMILES string of the molecule is CC(C)(C)OC=O.O=C1CNCCN1CC1CCNCC1. The number of hydrogen-bond acceptors (Lipinski definition) is 5. The number of piperazine rings is 1. The number of nitrogens with one attached hydrogen (secondary N) is 2. The van der Waals surface area contributed by atoms with E-state index in [1.807, 2.05) is 25.7 Å². The number of hydrogen-bond donors (Lipinski definition) is 2. The second-order valence-corrected chi connectivity index (χ2v) is 6.54. The number of nitrogens with zero attached hydrogens (tertiary/aromatic N) is 1. The summed E-state index contributed by atoms with van der Waals surface area (Å²) in [6, 6.07) is 0. The predicted molar refractivity (Wildman–Crippen MR) is 81.9 cm³/mol. The Morgan fingerprint density at radius 2 is 1.90 bits per heavy atom. The van der Waals surface area contributed by atoms with Crippen LogP contribution in [0.5, 0.6) is 0 Å². The highest BCUT2D eigenvalue weighted by molar-refractivity contribution is 5.78. The standard InChI is InChI=1S/C10H19N3O.C5H10O2/c14-10-7-12-5-6-13(10)8-9-1-3-11-4-2-9;1-5(2,3)7-4-6/h9,11-12H,1-8H2;4H,1-3H3. The van der Waals surface area contributed by atoms with Crippen LogP contribution < -0.4 is 10.6 Å². The minimum absolute atomic E-state index is 0.273. The van der Waals surface area contributed by atoms with E-state index in [0.29, 0.717) is 13.0 Å². The van der Waals surface area contributed by atoms with Gasteiger partial charge in [0.15, 0.2) is 0 Å². The lowest BCUT2D eigenvalue weighted by atomic mass is 9.97. The maximum absolute atomic E-state index is 11.5. The van der Waals surface area contributed by atoms with Gasteiger partial charge in [-0.3, -0.25) is 9.59 Å². The summed E-state index contributed by atoms with van der Waals surface area (Å²) in [4.78, 5) is 23.1. The average Bonchev–Trinajstić information content (AvgIpc) is 2.42. The summed E-state index contributed by atoms with van der Waals surface area (Å²) in [6.07, 6.45) is 2.44. The van der Waals surface area contributed by atoms with Gasteiger partial charge < -0.3 is 20.3 Å². The number of ether oxygens (including phenoxy) is 1. The molecule has 122 valence electrons. The molecule has 0 bridgehead atoms. The van der Waals surface area contributed by atoms with Gasteiger partial charge in [-0.25, -0.2) is 0 Å². The summed E-state index contributed by atoms with van der Waals surface area (Å²) in [6.45, 7) is 11.5. The van der Waals surface area contributed by atoms with Crippen LogP contribution >= 0.6 is 0 Å². The van der Waals surface area contributed by atoms with Crippen molar-refractivity contribution in [3.63, 3.8) is 0 Å². The van der Waals surface area contributed by atoms with Crippen LogP contribution in [0.15, 0.2) is 0 Å². The summed E-state index contributed by atoms with van der Waals surface area (Å²) in [7, 11) is 0. The van der Waals surface area contributed by atoms with Crippen LogP contribution in [-0.2, 0) is 14.3 Å². The minimum atomic E-state index is -0.318. The van der Waals surface area contributed by atoms with Crippen molar-refractivity contribution in [2.24, 2.45) is 5.92 Å². The Bertz CT molecular complexity index is 323. The monoisotopic (exact) mass is 299 g/mol. The summed E-state index contributed by atoms with van der Waals surface area (Å²) in [5, 5.41) is 6.45. The Morgan fingerprint density at radius 1 is 1.24 bits per heavy atom. The first-order valence-corrected chi connectivity index (χ1v) is 7.73. The summed E-state index contributed by atoms with van der Waals surface area (Å²) >= 11 is 0. The fourth-order valence-corrected chi connectivity index (χ4v) is 2.36. The summed E-state index contributed by atoms with van der Waals surface area (Å²) in [5.41, 5.74) is -0.318. The first kappa shape index (κ1) is 17.9. The van der Waals surface area contributed by atoms with Gasteiger partial charge >= 0.3 is 0 Å². The zero-order chi connectivity index (χ0) is 15.7. The van der Waals surface area contributed by atoms with Crippen LogP contribution in [0.4, 0.5) is 0 Å². The summed E-state index contributed by atoms with van der Waals surface area (Å²) in [5.74, 6) is 0.994. The quantitative estimate of drug-likeness (QED) is 0.737. The molecule has 0 aliphatic carbocycles. The highest BCUT2D eigenvalue weighted by Gasteiger charge is 2.22. The molecule has 0 aromatic heterocycles. The number of rotatable bonds is 3. The van der Waals surface area contributed by atoms with Crippen molar-refractivity contribution in [1.82, 2.24) is 15.5 Å². The van der Waals surface area contributed by atoms with E-state index in [1.54, 1.807) is 0 Å². The molecule has 2 fully saturated rings. The largest absolute Gasteiger partial charge is 0.462 e. The molecule has 6 nitrogen and oxygen atoms in total. The van der Waals surface area contributed by atoms with E-state index in [2.05, 4.69) is 15.4 Å². The predicted octanol–water partition coefficient (Wildman–Crippen LogP) is 0.376. The van der Waals surface area contributed by atoms with Gasteiger partial charge in [0.05, 0.1) is 6.54 Å². The number of carbonyl (C=O) groups is 2. The van der Waals surface area contributed by atoms with E-state index >= 15 is 0 Å².